The molecule has 0 bridgehead atoms. The highest BCUT2D eigenvalue weighted by Gasteiger charge is 2.19. The van der Waals surface area contributed by atoms with E-state index in [-0.39, 0.29) is 12.5 Å². The highest BCUT2D eigenvalue weighted by Crippen LogP contribution is 2.29. The molecule has 0 aliphatic heterocycles. The number of rotatable bonds is 5. The van der Waals surface area contributed by atoms with Crippen LogP contribution in [-0.4, -0.2) is 26.2 Å². The lowest BCUT2D eigenvalue weighted by Gasteiger charge is -2.27. The summed E-state index contributed by atoms with van der Waals surface area (Å²) >= 11 is 0. The van der Waals surface area contributed by atoms with Gasteiger partial charge in [0.15, 0.2) is 0 Å². The minimum Gasteiger partial charge on any atom is -0.375 e. The fraction of sp³-hybridized carbons (Fsp3) is 0.917. The van der Waals surface area contributed by atoms with Crippen LogP contribution in [0, 0.1) is 11.8 Å². The van der Waals surface area contributed by atoms with Crippen molar-refractivity contribution in [1.82, 2.24) is 5.32 Å². The van der Waals surface area contributed by atoms with Crippen LogP contribution < -0.4 is 5.32 Å². The summed E-state index contributed by atoms with van der Waals surface area (Å²) in [5, 5.41) is 2.92. The number of hydrogen-bond donors (Lipinski definition) is 1. The van der Waals surface area contributed by atoms with E-state index in [9.17, 15) is 4.79 Å². The quantitative estimate of drug-likeness (QED) is 0.758. The van der Waals surface area contributed by atoms with Gasteiger partial charge in [-0.2, -0.15) is 0 Å². The SMILES string of the molecule is CCC1CCC(CNC(=O)COC)CC1. The Balaban J connectivity index is 2.10. The molecule has 3 heteroatoms. The average molecular weight is 213 g/mol. The molecule has 0 aromatic heterocycles. The third-order valence-electron chi connectivity index (χ3n) is 3.41. The molecule has 1 amide bonds. The Bertz CT molecular complexity index is 186. The van der Waals surface area contributed by atoms with Gasteiger partial charge in [-0.1, -0.05) is 26.2 Å². The number of amides is 1. The molecule has 0 unspecified atom stereocenters. The first-order valence-corrected chi connectivity index (χ1v) is 6.01. The van der Waals surface area contributed by atoms with Crippen molar-refractivity contribution in [2.75, 3.05) is 20.3 Å². The summed E-state index contributed by atoms with van der Waals surface area (Å²) in [6.07, 6.45) is 6.52. The van der Waals surface area contributed by atoms with Gasteiger partial charge in [-0.25, -0.2) is 0 Å². The van der Waals surface area contributed by atoms with Crippen LogP contribution in [0.25, 0.3) is 0 Å². The van der Waals surface area contributed by atoms with Crippen molar-refractivity contribution in [1.29, 1.82) is 0 Å². The third-order valence-corrected chi connectivity index (χ3v) is 3.41. The van der Waals surface area contributed by atoms with Gasteiger partial charge in [0.2, 0.25) is 5.91 Å². The van der Waals surface area contributed by atoms with E-state index < -0.39 is 0 Å². The van der Waals surface area contributed by atoms with Crippen LogP contribution in [0.4, 0.5) is 0 Å². The van der Waals surface area contributed by atoms with E-state index in [1.807, 2.05) is 0 Å². The van der Waals surface area contributed by atoms with Gasteiger partial charge in [0, 0.05) is 13.7 Å². The second kappa shape index (κ2) is 6.83. The molecule has 1 saturated carbocycles. The van der Waals surface area contributed by atoms with Gasteiger partial charge in [0.05, 0.1) is 0 Å². The van der Waals surface area contributed by atoms with E-state index >= 15 is 0 Å². The van der Waals surface area contributed by atoms with Crippen molar-refractivity contribution in [3.8, 4) is 0 Å². The van der Waals surface area contributed by atoms with Gasteiger partial charge in [-0.3, -0.25) is 4.79 Å². The van der Waals surface area contributed by atoms with Crippen LogP contribution >= 0.6 is 0 Å². The van der Waals surface area contributed by atoms with Gasteiger partial charge >= 0.3 is 0 Å². The van der Waals surface area contributed by atoms with Crippen molar-refractivity contribution < 1.29 is 9.53 Å². The summed E-state index contributed by atoms with van der Waals surface area (Å²) in [4.78, 5) is 11.2. The number of carbonyl (C=O) groups excluding carboxylic acids is 1. The maximum absolute atomic E-state index is 11.2. The first-order chi connectivity index (χ1) is 7.26. The molecule has 0 atom stereocenters. The van der Waals surface area contributed by atoms with Crippen LogP contribution in [0.2, 0.25) is 0 Å². The standard InChI is InChI=1S/C12H23NO2/c1-3-10-4-6-11(7-5-10)8-13-12(14)9-15-2/h10-11H,3-9H2,1-2H3,(H,13,14). The minimum absolute atomic E-state index is 0.00937. The molecule has 1 N–H and O–H groups in total. The van der Waals surface area contributed by atoms with Crippen molar-refractivity contribution in [3.05, 3.63) is 0 Å². The highest BCUT2D eigenvalue weighted by atomic mass is 16.5. The topological polar surface area (TPSA) is 38.3 Å². The molecule has 1 aliphatic carbocycles. The molecule has 0 aromatic carbocycles. The lowest BCUT2D eigenvalue weighted by molar-refractivity contribution is -0.124. The van der Waals surface area contributed by atoms with Crippen LogP contribution in [0.1, 0.15) is 39.0 Å². The van der Waals surface area contributed by atoms with E-state index in [0.29, 0.717) is 5.92 Å². The van der Waals surface area contributed by atoms with Crippen LogP contribution in [-0.2, 0) is 9.53 Å². The Labute approximate surface area is 92.6 Å². The fourth-order valence-corrected chi connectivity index (χ4v) is 2.28. The van der Waals surface area contributed by atoms with E-state index in [2.05, 4.69) is 12.2 Å². The number of hydrogen-bond acceptors (Lipinski definition) is 2. The lowest BCUT2D eigenvalue weighted by Crippen LogP contribution is -2.33. The van der Waals surface area contributed by atoms with Crippen LogP contribution in [0.3, 0.4) is 0 Å². The van der Waals surface area contributed by atoms with Gasteiger partial charge in [-0.15, -0.1) is 0 Å². The van der Waals surface area contributed by atoms with Gasteiger partial charge in [0.25, 0.3) is 0 Å². The summed E-state index contributed by atoms with van der Waals surface area (Å²) in [5.74, 6) is 1.62. The van der Waals surface area contributed by atoms with Crippen molar-refractivity contribution in [2.45, 2.75) is 39.0 Å². The lowest BCUT2D eigenvalue weighted by atomic mass is 9.81. The predicted octanol–water partition coefficient (Wildman–Crippen LogP) is 1.97. The second-order valence-electron chi connectivity index (χ2n) is 4.53. The maximum atomic E-state index is 11.2. The van der Waals surface area contributed by atoms with E-state index in [4.69, 9.17) is 4.74 Å². The Hall–Kier alpha value is -0.570. The Morgan fingerprint density at radius 3 is 2.40 bits per heavy atom. The highest BCUT2D eigenvalue weighted by molar-refractivity contribution is 5.77. The molecular weight excluding hydrogens is 190 g/mol. The van der Waals surface area contributed by atoms with E-state index in [1.165, 1.54) is 32.1 Å². The molecule has 15 heavy (non-hydrogen) atoms. The molecule has 3 nitrogen and oxygen atoms in total. The molecule has 1 rings (SSSR count). The van der Waals surface area contributed by atoms with E-state index in [0.717, 1.165) is 12.5 Å². The number of carbonyl (C=O) groups is 1. The molecule has 0 saturated heterocycles. The Morgan fingerprint density at radius 2 is 1.87 bits per heavy atom. The second-order valence-corrected chi connectivity index (χ2v) is 4.53. The number of methoxy groups -OCH3 is 1. The minimum atomic E-state index is 0.00937. The smallest absolute Gasteiger partial charge is 0.245 e. The third kappa shape index (κ3) is 4.65. The zero-order chi connectivity index (χ0) is 11.1. The molecule has 1 fully saturated rings. The van der Waals surface area contributed by atoms with Gasteiger partial charge in [-0.05, 0) is 24.7 Å². The van der Waals surface area contributed by atoms with Crippen LogP contribution in [0.15, 0.2) is 0 Å². The average Bonchev–Trinajstić information content (AvgIpc) is 2.27. The number of nitrogens with one attached hydrogen (secondary N) is 1. The molecule has 0 heterocycles. The van der Waals surface area contributed by atoms with Crippen molar-refractivity contribution in [3.63, 3.8) is 0 Å². The zero-order valence-electron chi connectivity index (χ0n) is 9.92. The van der Waals surface area contributed by atoms with Gasteiger partial charge in [0.1, 0.15) is 6.61 Å². The number of ether oxygens (including phenoxy) is 1. The van der Waals surface area contributed by atoms with Crippen molar-refractivity contribution >= 4 is 5.91 Å². The summed E-state index contributed by atoms with van der Waals surface area (Å²) < 4.78 is 4.77. The molecule has 0 spiro atoms. The summed E-state index contributed by atoms with van der Waals surface area (Å²) in [7, 11) is 1.55. The first kappa shape index (κ1) is 12.5. The summed E-state index contributed by atoms with van der Waals surface area (Å²) in [5.41, 5.74) is 0. The van der Waals surface area contributed by atoms with Crippen molar-refractivity contribution in [2.24, 2.45) is 11.8 Å². The zero-order valence-corrected chi connectivity index (χ0v) is 9.92. The van der Waals surface area contributed by atoms with Gasteiger partial charge < -0.3 is 10.1 Å². The molecule has 0 aromatic rings. The largest absolute Gasteiger partial charge is 0.375 e. The summed E-state index contributed by atoms with van der Waals surface area (Å²) in [6, 6.07) is 0. The normalized spacial score (nSPS) is 26.3. The molecule has 88 valence electrons. The Morgan fingerprint density at radius 1 is 1.27 bits per heavy atom. The first-order valence-electron chi connectivity index (χ1n) is 6.01. The maximum Gasteiger partial charge on any atom is 0.245 e. The van der Waals surface area contributed by atoms with E-state index in [1.54, 1.807) is 7.11 Å². The predicted molar refractivity (Wildman–Crippen MR) is 60.6 cm³/mol. The molecule has 0 radical (unpaired) electrons. The molecule has 1 aliphatic rings. The Kier molecular flexibility index (Phi) is 5.69. The monoisotopic (exact) mass is 213 g/mol. The van der Waals surface area contributed by atoms with Crippen LogP contribution in [0.5, 0.6) is 0 Å². The summed E-state index contributed by atoms with van der Waals surface area (Å²) in [6.45, 7) is 3.29. The molecular formula is C12H23NO2. The fourth-order valence-electron chi connectivity index (χ4n) is 2.28.